The normalized spacial score (nSPS) is 14.9. The van der Waals surface area contributed by atoms with Crippen molar-refractivity contribution in [3.8, 4) is 11.5 Å². The van der Waals surface area contributed by atoms with Crippen molar-refractivity contribution in [3.63, 3.8) is 0 Å². The van der Waals surface area contributed by atoms with Crippen molar-refractivity contribution < 1.29 is 18.3 Å². The summed E-state index contributed by atoms with van der Waals surface area (Å²) >= 11 is 0. The Bertz CT molecular complexity index is 1140. The molecule has 9 heteroatoms. The van der Waals surface area contributed by atoms with Gasteiger partial charge in [-0.2, -0.15) is 0 Å². The van der Waals surface area contributed by atoms with E-state index in [-0.39, 0.29) is 29.5 Å². The summed E-state index contributed by atoms with van der Waals surface area (Å²) in [6.07, 6.45) is 6.55. The van der Waals surface area contributed by atoms with Crippen LogP contribution in [0.5, 0.6) is 11.5 Å². The van der Waals surface area contributed by atoms with Gasteiger partial charge in [-0.3, -0.25) is 4.99 Å². The third-order valence-corrected chi connectivity index (χ3v) is 5.35. The number of fused-ring (bicyclic) bond motifs is 1. The number of nitrogens with zero attached hydrogens (tertiary/aromatic N) is 2. The predicted octanol–water partition coefficient (Wildman–Crippen LogP) is 2.79. The quantitative estimate of drug-likeness (QED) is 0.504. The molecule has 7 nitrogen and oxygen atoms in total. The molecule has 0 aliphatic carbocycles. The molecule has 4 N–H and O–H groups in total. The molecular weight excluding hydrogens is 404 g/mol. The van der Waals surface area contributed by atoms with Crippen LogP contribution in [-0.2, 0) is 6.42 Å². The van der Waals surface area contributed by atoms with Crippen molar-refractivity contribution in [2.24, 2.45) is 10.7 Å². The number of H-pyrrole nitrogens is 1. The highest BCUT2D eigenvalue weighted by atomic mass is 19.1. The van der Waals surface area contributed by atoms with Gasteiger partial charge in [-0.15, -0.1) is 0 Å². The molecule has 3 heterocycles. The maximum atomic E-state index is 14.8. The summed E-state index contributed by atoms with van der Waals surface area (Å²) in [4.78, 5) is 12.0. The summed E-state index contributed by atoms with van der Waals surface area (Å²) in [5.41, 5.74) is 8.42. The summed E-state index contributed by atoms with van der Waals surface area (Å²) in [5, 5.41) is 3.89. The van der Waals surface area contributed by atoms with Crippen LogP contribution in [0.4, 0.5) is 8.78 Å². The molecule has 0 bridgehead atoms. The fourth-order valence-corrected chi connectivity index (χ4v) is 3.42. The van der Waals surface area contributed by atoms with E-state index >= 15 is 0 Å². The van der Waals surface area contributed by atoms with Gasteiger partial charge in [0, 0.05) is 72.5 Å². The molecule has 2 aromatic heterocycles. The SMILES string of the molecule is COc1cc(OC)c(F)c(Cc2c[nH]c3ncc(C(C=NC4CNC4)=CN)cc23)c1F. The highest BCUT2D eigenvalue weighted by Crippen LogP contribution is 2.34. The Hall–Kier alpha value is -3.46. The number of allylic oxidation sites excluding steroid dienone is 1. The maximum Gasteiger partial charge on any atom is 0.171 e. The first-order valence-corrected chi connectivity index (χ1v) is 9.76. The fraction of sp³-hybridized carbons (Fsp3) is 0.273. The van der Waals surface area contributed by atoms with Crippen LogP contribution in [0.25, 0.3) is 16.6 Å². The van der Waals surface area contributed by atoms with Crippen molar-refractivity contribution in [2.75, 3.05) is 27.3 Å². The van der Waals surface area contributed by atoms with Crippen molar-refractivity contribution in [2.45, 2.75) is 12.5 Å². The lowest BCUT2D eigenvalue weighted by atomic mass is 10.0. The van der Waals surface area contributed by atoms with E-state index in [0.29, 0.717) is 16.8 Å². The summed E-state index contributed by atoms with van der Waals surface area (Å²) in [6.45, 7) is 1.68. The van der Waals surface area contributed by atoms with Crippen LogP contribution in [0, 0.1) is 11.6 Å². The summed E-state index contributed by atoms with van der Waals surface area (Å²) in [5.74, 6) is -1.69. The van der Waals surface area contributed by atoms with Gasteiger partial charge >= 0.3 is 0 Å². The van der Waals surface area contributed by atoms with Crippen molar-refractivity contribution in [1.29, 1.82) is 0 Å². The third kappa shape index (κ3) is 3.96. The number of benzene rings is 1. The van der Waals surface area contributed by atoms with E-state index in [1.807, 2.05) is 6.07 Å². The second-order valence-electron chi connectivity index (χ2n) is 7.21. The molecule has 1 aliphatic rings. The number of aliphatic imine (C=N–C) groups is 1. The zero-order valence-corrected chi connectivity index (χ0v) is 17.2. The molecule has 162 valence electrons. The average molecular weight is 427 g/mol. The highest BCUT2D eigenvalue weighted by Gasteiger charge is 2.21. The van der Waals surface area contributed by atoms with E-state index < -0.39 is 11.6 Å². The van der Waals surface area contributed by atoms with Crippen molar-refractivity contribution in [1.82, 2.24) is 15.3 Å². The van der Waals surface area contributed by atoms with Crippen LogP contribution in [-0.4, -0.2) is 49.5 Å². The van der Waals surface area contributed by atoms with E-state index in [0.717, 1.165) is 24.0 Å². The van der Waals surface area contributed by atoms with Gasteiger partial charge in [0.2, 0.25) is 0 Å². The molecule has 0 spiro atoms. The lowest BCUT2D eigenvalue weighted by Gasteiger charge is -2.22. The number of halogens is 2. The number of aromatic nitrogens is 2. The minimum atomic E-state index is -0.761. The second kappa shape index (κ2) is 8.73. The summed E-state index contributed by atoms with van der Waals surface area (Å²) in [7, 11) is 2.65. The Morgan fingerprint density at radius 1 is 1.23 bits per heavy atom. The minimum absolute atomic E-state index is 0.0140. The Morgan fingerprint density at radius 2 is 1.94 bits per heavy atom. The number of rotatable bonds is 7. The first-order chi connectivity index (χ1) is 15.0. The molecule has 0 radical (unpaired) electrons. The zero-order chi connectivity index (χ0) is 22.0. The molecular formula is C22H23F2N5O2. The maximum absolute atomic E-state index is 14.8. The topological polar surface area (TPSA) is 97.5 Å². The molecule has 1 saturated heterocycles. The van der Waals surface area contributed by atoms with E-state index in [1.54, 1.807) is 18.6 Å². The monoisotopic (exact) mass is 427 g/mol. The van der Waals surface area contributed by atoms with Crippen molar-refractivity contribution >= 4 is 22.8 Å². The molecule has 0 atom stereocenters. The molecule has 1 aliphatic heterocycles. The first-order valence-electron chi connectivity index (χ1n) is 9.76. The van der Waals surface area contributed by atoms with E-state index in [2.05, 4.69) is 20.3 Å². The predicted molar refractivity (Wildman–Crippen MR) is 116 cm³/mol. The lowest BCUT2D eigenvalue weighted by Crippen LogP contribution is -2.45. The minimum Gasteiger partial charge on any atom is -0.494 e. The fourth-order valence-electron chi connectivity index (χ4n) is 3.42. The molecule has 31 heavy (non-hydrogen) atoms. The van der Waals surface area contributed by atoms with E-state index in [1.165, 1.54) is 26.5 Å². The Balaban J connectivity index is 1.71. The van der Waals surface area contributed by atoms with Gasteiger partial charge in [-0.05, 0) is 11.6 Å². The van der Waals surface area contributed by atoms with Crippen LogP contribution in [0.2, 0.25) is 0 Å². The third-order valence-electron chi connectivity index (χ3n) is 5.35. The van der Waals surface area contributed by atoms with Gasteiger partial charge in [0.15, 0.2) is 23.1 Å². The van der Waals surface area contributed by atoms with Gasteiger partial charge in [0.25, 0.3) is 0 Å². The number of aromatic amines is 1. The van der Waals surface area contributed by atoms with Gasteiger partial charge in [-0.1, -0.05) is 0 Å². The second-order valence-corrected chi connectivity index (χ2v) is 7.21. The standard InChI is InChI=1S/C22H23F2N5O2/c1-30-18-5-19(31-2)21(24)17(20(18)23)4-13-8-29-22-16(13)3-12(7-28-22)14(6-25)9-27-15-10-26-11-15/h3,5-9,15,26H,4,10-11,25H2,1-2H3,(H,28,29). The first kappa shape index (κ1) is 20.8. The lowest BCUT2D eigenvalue weighted by molar-refractivity contribution is 0.354. The van der Waals surface area contributed by atoms with Crippen LogP contribution in [0.3, 0.4) is 0 Å². The van der Waals surface area contributed by atoms with Crippen LogP contribution < -0.4 is 20.5 Å². The molecule has 3 aromatic rings. The van der Waals surface area contributed by atoms with E-state index in [9.17, 15) is 8.78 Å². The number of hydrogen-bond donors (Lipinski definition) is 3. The number of nitrogens with one attached hydrogen (secondary N) is 2. The Morgan fingerprint density at radius 3 is 2.52 bits per heavy atom. The Labute approximate surface area is 178 Å². The van der Waals surface area contributed by atoms with Gasteiger partial charge in [0.1, 0.15) is 5.65 Å². The van der Waals surface area contributed by atoms with Crippen LogP contribution in [0.1, 0.15) is 16.7 Å². The number of pyridine rings is 1. The molecule has 0 unspecified atom stereocenters. The number of methoxy groups -OCH3 is 2. The number of nitrogens with two attached hydrogens (primary N) is 1. The molecule has 0 amide bonds. The zero-order valence-electron chi connectivity index (χ0n) is 17.2. The summed E-state index contributed by atoms with van der Waals surface area (Å²) < 4.78 is 39.7. The number of ether oxygens (including phenoxy) is 2. The van der Waals surface area contributed by atoms with Gasteiger partial charge < -0.3 is 25.5 Å². The van der Waals surface area contributed by atoms with E-state index in [4.69, 9.17) is 15.2 Å². The summed E-state index contributed by atoms with van der Waals surface area (Å²) in [6, 6.07) is 3.31. The molecule has 4 rings (SSSR count). The van der Waals surface area contributed by atoms with Gasteiger partial charge in [-0.25, -0.2) is 13.8 Å². The molecule has 1 fully saturated rings. The van der Waals surface area contributed by atoms with Crippen molar-refractivity contribution in [3.05, 3.63) is 59.1 Å². The number of hydrogen-bond acceptors (Lipinski definition) is 6. The molecule has 1 aromatic carbocycles. The smallest absolute Gasteiger partial charge is 0.171 e. The largest absolute Gasteiger partial charge is 0.494 e. The molecule has 0 saturated carbocycles. The van der Waals surface area contributed by atoms with Gasteiger partial charge in [0.05, 0.1) is 20.3 Å². The Kier molecular flexibility index (Phi) is 5.85. The van der Waals surface area contributed by atoms with Crippen LogP contribution in [0.15, 0.2) is 35.7 Å². The highest BCUT2D eigenvalue weighted by molar-refractivity contribution is 6.10. The van der Waals surface area contributed by atoms with Crippen LogP contribution >= 0.6 is 0 Å². The average Bonchev–Trinajstić information content (AvgIpc) is 3.15.